The molecule has 0 spiro atoms. The SMILES string of the molecule is CO[C@@H]1CCN(Cc2ccc(Nc3nc4ncc(Oc5cnn6ccnc(Cl)c56)c(Cl)c4n3C)cc2C(F)(F)F)C1. The highest BCUT2D eigenvalue weighted by Crippen LogP contribution is 2.39. The molecule has 15 heteroatoms. The van der Waals surface area contributed by atoms with Crippen molar-refractivity contribution in [2.45, 2.75) is 25.2 Å². The van der Waals surface area contributed by atoms with Gasteiger partial charge in [-0.3, -0.25) is 4.90 Å². The van der Waals surface area contributed by atoms with Crippen molar-refractivity contribution in [3.8, 4) is 11.5 Å². The fourth-order valence-corrected chi connectivity index (χ4v) is 5.46. The highest BCUT2D eigenvalue weighted by Gasteiger charge is 2.35. The average Bonchev–Trinajstić information content (AvgIpc) is 3.64. The molecule has 1 saturated heterocycles. The highest BCUT2D eigenvalue weighted by atomic mass is 35.5. The van der Waals surface area contributed by atoms with E-state index in [0.29, 0.717) is 29.9 Å². The first kappa shape index (κ1) is 27.5. The van der Waals surface area contributed by atoms with Crippen LogP contribution in [0.5, 0.6) is 11.5 Å². The minimum absolute atomic E-state index is 0.0311. The molecule has 41 heavy (non-hydrogen) atoms. The molecule has 0 bridgehead atoms. The van der Waals surface area contributed by atoms with Crippen molar-refractivity contribution in [2.75, 3.05) is 25.5 Å². The van der Waals surface area contributed by atoms with Gasteiger partial charge < -0.3 is 19.4 Å². The molecule has 1 fully saturated rings. The summed E-state index contributed by atoms with van der Waals surface area (Å²) in [5.74, 6) is 0.779. The molecular weight excluding hydrogens is 584 g/mol. The van der Waals surface area contributed by atoms with E-state index in [9.17, 15) is 13.2 Å². The molecule has 1 N–H and O–H groups in total. The van der Waals surface area contributed by atoms with Gasteiger partial charge in [0.2, 0.25) is 5.95 Å². The number of benzene rings is 1. The Balaban J connectivity index is 1.28. The Hall–Kier alpha value is -3.65. The summed E-state index contributed by atoms with van der Waals surface area (Å²) in [4.78, 5) is 14.8. The lowest BCUT2D eigenvalue weighted by molar-refractivity contribution is -0.138. The van der Waals surface area contributed by atoms with E-state index in [1.807, 2.05) is 4.90 Å². The lowest BCUT2D eigenvalue weighted by Crippen LogP contribution is -2.24. The first-order valence-corrected chi connectivity index (χ1v) is 13.3. The molecule has 1 aromatic carbocycles. The number of aryl methyl sites for hydroxylation is 1. The maximum absolute atomic E-state index is 14.1. The number of methoxy groups -OCH3 is 1. The summed E-state index contributed by atoms with van der Waals surface area (Å²) in [5, 5.41) is 7.56. The number of likely N-dealkylation sites (tertiary alicyclic amines) is 1. The number of nitrogens with zero attached hydrogens (tertiary/aromatic N) is 7. The molecule has 5 aromatic rings. The van der Waals surface area contributed by atoms with Crippen LogP contribution >= 0.6 is 23.2 Å². The minimum atomic E-state index is -4.53. The number of rotatable bonds is 7. The highest BCUT2D eigenvalue weighted by molar-refractivity contribution is 6.36. The van der Waals surface area contributed by atoms with Gasteiger partial charge in [0.25, 0.3) is 0 Å². The summed E-state index contributed by atoms with van der Waals surface area (Å²) in [6.07, 6.45) is 2.29. The number of alkyl halides is 3. The van der Waals surface area contributed by atoms with Crippen LogP contribution in [0.15, 0.2) is 43.0 Å². The lowest BCUT2D eigenvalue weighted by Gasteiger charge is -2.20. The van der Waals surface area contributed by atoms with Crippen LogP contribution in [0.3, 0.4) is 0 Å². The van der Waals surface area contributed by atoms with E-state index in [-0.39, 0.29) is 51.4 Å². The third-order valence-electron chi connectivity index (χ3n) is 7.01. The predicted octanol–water partition coefficient (Wildman–Crippen LogP) is 6.09. The van der Waals surface area contributed by atoms with Gasteiger partial charge in [0.15, 0.2) is 22.3 Å². The predicted molar refractivity (Wildman–Crippen MR) is 147 cm³/mol. The molecule has 0 aliphatic carbocycles. The van der Waals surface area contributed by atoms with Gasteiger partial charge in [-0.25, -0.2) is 14.5 Å². The first-order chi connectivity index (χ1) is 19.6. The molecule has 0 saturated carbocycles. The summed E-state index contributed by atoms with van der Waals surface area (Å²) in [6.45, 7) is 1.45. The summed E-state index contributed by atoms with van der Waals surface area (Å²) in [6, 6.07) is 4.17. The number of ether oxygens (including phenoxy) is 2. The molecule has 1 aliphatic rings. The standard InChI is InChI=1S/C26H23Cl2F3N8O2/c1-37-22-20(27)18(41-19-11-34-39-8-6-32-23(28)21(19)39)10-33-24(22)36-25(37)35-15-4-3-14(17(9-15)26(29,30)31)12-38-7-5-16(13-38)40-2/h3-4,6,8-11,16H,5,7,12-13H2,1-2H3,(H,33,35,36)/t16-/m1/s1. The largest absolute Gasteiger partial charge is 0.450 e. The zero-order valence-electron chi connectivity index (χ0n) is 21.8. The van der Waals surface area contributed by atoms with Gasteiger partial charge in [0.1, 0.15) is 16.1 Å². The third-order valence-corrected chi connectivity index (χ3v) is 7.65. The van der Waals surface area contributed by atoms with Crippen LogP contribution in [0, 0.1) is 0 Å². The van der Waals surface area contributed by atoms with E-state index in [4.69, 9.17) is 32.7 Å². The van der Waals surface area contributed by atoms with Crippen LogP contribution in [0.2, 0.25) is 10.2 Å². The molecule has 0 radical (unpaired) electrons. The van der Waals surface area contributed by atoms with Gasteiger partial charge >= 0.3 is 6.18 Å². The molecule has 0 amide bonds. The number of pyridine rings is 1. The van der Waals surface area contributed by atoms with Crippen molar-refractivity contribution in [2.24, 2.45) is 7.05 Å². The van der Waals surface area contributed by atoms with Crippen molar-refractivity contribution >= 4 is 51.5 Å². The van der Waals surface area contributed by atoms with Crippen molar-refractivity contribution < 1.29 is 22.6 Å². The maximum atomic E-state index is 14.1. The van der Waals surface area contributed by atoms with Crippen LogP contribution in [0.4, 0.5) is 24.8 Å². The van der Waals surface area contributed by atoms with Gasteiger partial charge in [-0.05, 0) is 24.1 Å². The monoisotopic (exact) mass is 606 g/mol. The number of hydrogen-bond donors (Lipinski definition) is 1. The smallest absolute Gasteiger partial charge is 0.416 e. The van der Waals surface area contributed by atoms with Gasteiger partial charge in [0.05, 0.1) is 24.1 Å². The Morgan fingerprint density at radius 2 is 1.95 bits per heavy atom. The van der Waals surface area contributed by atoms with E-state index >= 15 is 0 Å². The van der Waals surface area contributed by atoms with Crippen molar-refractivity contribution in [1.29, 1.82) is 0 Å². The van der Waals surface area contributed by atoms with Gasteiger partial charge in [-0.15, -0.1) is 0 Å². The molecule has 4 aromatic heterocycles. The molecule has 5 heterocycles. The minimum Gasteiger partial charge on any atom is -0.450 e. The van der Waals surface area contributed by atoms with E-state index in [0.717, 1.165) is 12.5 Å². The van der Waals surface area contributed by atoms with Crippen molar-refractivity contribution in [3.05, 3.63) is 64.3 Å². The quantitative estimate of drug-likeness (QED) is 0.238. The maximum Gasteiger partial charge on any atom is 0.416 e. The molecule has 1 aliphatic heterocycles. The molecule has 214 valence electrons. The number of anilines is 2. The zero-order valence-corrected chi connectivity index (χ0v) is 23.3. The Morgan fingerprint density at radius 1 is 1.12 bits per heavy atom. The molecule has 6 rings (SSSR count). The Morgan fingerprint density at radius 3 is 2.71 bits per heavy atom. The number of halogens is 5. The fourth-order valence-electron chi connectivity index (χ4n) is 4.93. The number of fused-ring (bicyclic) bond motifs is 2. The lowest BCUT2D eigenvalue weighted by atomic mass is 10.1. The summed E-state index contributed by atoms with van der Waals surface area (Å²) in [5.41, 5.74) is 0.847. The van der Waals surface area contributed by atoms with E-state index in [1.165, 1.54) is 29.2 Å². The Labute approximate surface area is 241 Å². The van der Waals surface area contributed by atoms with Gasteiger partial charge in [-0.1, -0.05) is 29.3 Å². The van der Waals surface area contributed by atoms with Gasteiger partial charge in [-0.2, -0.15) is 23.3 Å². The summed E-state index contributed by atoms with van der Waals surface area (Å²) in [7, 11) is 3.28. The zero-order chi connectivity index (χ0) is 28.9. The van der Waals surface area contributed by atoms with Crippen LogP contribution < -0.4 is 10.1 Å². The fraction of sp³-hybridized carbons (Fsp3) is 0.308. The Bertz CT molecular complexity index is 1760. The molecule has 10 nitrogen and oxygen atoms in total. The summed E-state index contributed by atoms with van der Waals surface area (Å²) >= 11 is 12.9. The van der Waals surface area contributed by atoms with Crippen LogP contribution in [0.1, 0.15) is 17.5 Å². The number of nitrogens with one attached hydrogen (secondary N) is 1. The topological polar surface area (TPSA) is 94.6 Å². The van der Waals surface area contributed by atoms with Crippen LogP contribution in [-0.4, -0.2) is 60.3 Å². The van der Waals surface area contributed by atoms with Crippen molar-refractivity contribution in [3.63, 3.8) is 0 Å². The number of aromatic nitrogens is 6. The first-order valence-electron chi connectivity index (χ1n) is 12.5. The van der Waals surface area contributed by atoms with Gasteiger partial charge in [0, 0.05) is 51.9 Å². The molecule has 0 unspecified atom stereocenters. The number of imidazole rings is 1. The summed E-state index contributed by atoms with van der Waals surface area (Å²) < 4.78 is 56.6. The van der Waals surface area contributed by atoms with Crippen molar-refractivity contribution in [1.82, 2.24) is 34.0 Å². The second kappa shape index (κ2) is 10.6. The average molecular weight is 607 g/mol. The number of hydrogen-bond acceptors (Lipinski definition) is 8. The normalized spacial score (nSPS) is 16.2. The van der Waals surface area contributed by atoms with Crippen LogP contribution in [0.25, 0.3) is 16.7 Å². The van der Waals surface area contributed by atoms with E-state index in [2.05, 4.69) is 25.4 Å². The third kappa shape index (κ3) is 5.25. The second-order valence-corrected chi connectivity index (χ2v) is 10.3. The Kier molecular flexibility index (Phi) is 7.14. The molecular formula is C26H23Cl2F3N8O2. The van der Waals surface area contributed by atoms with Crippen LogP contribution in [-0.2, 0) is 24.5 Å². The molecule has 1 atom stereocenters. The second-order valence-electron chi connectivity index (χ2n) is 9.60. The van der Waals surface area contributed by atoms with E-state index in [1.54, 1.807) is 31.0 Å². The van der Waals surface area contributed by atoms with E-state index < -0.39 is 11.7 Å².